The summed E-state index contributed by atoms with van der Waals surface area (Å²) in [5.41, 5.74) is 1.84. The highest BCUT2D eigenvalue weighted by atomic mass is 32.2. The minimum atomic E-state index is -4.80. The van der Waals surface area contributed by atoms with Crippen molar-refractivity contribution in [2.24, 2.45) is 5.92 Å². The molecule has 1 aliphatic heterocycles. The number of para-hydroxylation sites is 2. The zero-order chi connectivity index (χ0) is 26.1. The first-order chi connectivity index (χ1) is 16.9. The number of ether oxygens (including phenoxy) is 1. The van der Waals surface area contributed by atoms with Crippen molar-refractivity contribution in [2.75, 3.05) is 32.5 Å². The number of anilines is 1. The van der Waals surface area contributed by atoms with E-state index < -0.39 is 22.5 Å². The molecule has 0 spiro atoms. The van der Waals surface area contributed by atoms with Crippen LogP contribution in [0.1, 0.15) is 18.4 Å². The molecule has 1 aliphatic rings. The van der Waals surface area contributed by atoms with Gasteiger partial charge in [-0.1, -0.05) is 24.3 Å². The van der Waals surface area contributed by atoms with Crippen LogP contribution in [0, 0.1) is 5.92 Å². The SMILES string of the molecule is CN(C)S(=O)(=O)N1CCC(C(=O)Nc2nc3ccccc3n2Cc2cccc(OC(F)(F)F)c2)CC1. The fourth-order valence-electron chi connectivity index (χ4n) is 4.15. The van der Waals surface area contributed by atoms with Crippen LogP contribution in [0.15, 0.2) is 48.5 Å². The summed E-state index contributed by atoms with van der Waals surface area (Å²) in [7, 11) is -0.620. The van der Waals surface area contributed by atoms with E-state index in [0.717, 1.165) is 4.31 Å². The van der Waals surface area contributed by atoms with Crippen LogP contribution in [-0.2, 0) is 21.5 Å². The molecule has 36 heavy (non-hydrogen) atoms. The second-order valence-corrected chi connectivity index (χ2v) is 10.8. The lowest BCUT2D eigenvalue weighted by molar-refractivity contribution is -0.274. The third-order valence-corrected chi connectivity index (χ3v) is 7.92. The normalized spacial score (nSPS) is 15.9. The molecule has 2 heterocycles. The number of amides is 1. The van der Waals surface area contributed by atoms with E-state index >= 15 is 0 Å². The number of benzene rings is 2. The largest absolute Gasteiger partial charge is 0.573 e. The van der Waals surface area contributed by atoms with Gasteiger partial charge in [0.25, 0.3) is 10.2 Å². The zero-order valence-electron chi connectivity index (χ0n) is 19.7. The number of nitrogens with one attached hydrogen (secondary N) is 1. The van der Waals surface area contributed by atoms with Gasteiger partial charge in [0.15, 0.2) is 0 Å². The highest BCUT2D eigenvalue weighted by molar-refractivity contribution is 7.86. The minimum Gasteiger partial charge on any atom is -0.406 e. The fourth-order valence-corrected chi connectivity index (χ4v) is 5.28. The van der Waals surface area contributed by atoms with Crippen LogP contribution in [0.5, 0.6) is 5.75 Å². The molecule has 9 nitrogen and oxygen atoms in total. The predicted octanol–water partition coefficient (Wildman–Crippen LogP) is 3.44. The second-order valence-electron chi connectivity index (χ2n) is 8.66. The van der Waals surface area contributed by atoms with Crippen molar-refractivity contribution in [1.29, 1.82) is 0 Å². The van der Waals surface area contributed by atoms with Crippen molar-refractivity contribution in [3.8, 4) is 5.75 Å². The number of hydrogen-bond donors (Lipinski definition) is 1. The topological polar surface area (TPSA) is 96.8 Å². The molecular formula is C23H26F3N5O4S. The molecule has 0 bridgehead atoms. The van der Waals surface area contributed by atoms with Gasteiger partial charge < -0.3 is 9.30 Å². The number of aromatic nitrogens is 2. The number of halogens is 3. The molecule has 1 saturated heterocycles. The van der Waals surface area contributed by atoms with Crippen molar-refractivity contribution >= 4 is 33.1 Å². The number of imidazole rings is 1. The number of piperidine rings is 1. The fraction of sp³-hybridized carbons (Fsp3) is 0.391. The number of fused-ring (bicyclic) bond motifs is 1. The summed E-state index contributed by atoms with van der Waals surface area (Å²) in [5.74, 6) is -0.779. The number of carbonyl (C=O) groups excluding carboxylic acids is 1. The van der Waals surface area contributed by atoms with Crippen LogP contribution >= 0.6 is 0 Å². The van der Waals surface area contributed by atoms with Crippen LogP contribution < -0.4 is 10.1 Å². The lowest BCUT2D eigenvalue weighted by Crippen LogP contribution is -2.46. The lowest BCUT2D eigenvalue weighted by atomic mass is 9.97. The Morgan fingerprint density at radius 3 is 2.50 bits per heavy atom. The van der Waals surface area contributed by atoms with E-state index in [2.05, 4.69) is 15.0 Å². The maximum atomic E-state index is 13.1. The maximum absolute atomic E-state index is 13.1. The third kappa shape index (κ3) is 5.79. The minimum absolute atomic E-state index is 0.144. The summed E-state index contributed by atoms with van der Waals surface area (Å²) in [5, 5.41) is 2.84. The molecule has 1 fully saturated rings. The van der Waals surface area contributed by atoms with Gasteiger partial charge in [0.1, 0.15) is 5.75 Å². The summed E-state index contributed by atoms with van der Waals surface area (Å²) >= 11 is 0. The van der Waals surface area contributed by atoms with Gasteiger partial charge in [-0.3, -0.25) is 10.1 Å². The standard InChI is InChI=1S/C23H26F3N5O4S/c1-29(2)36(33,34)30-12-10-17(11-13-30)21(32)28-22-27-19-8-3-4-9-20(19)31(22)15-16-6-5-7-18(14-16)35-23(24,25)26/h3-9,14,17H,10-13,15H2,1-2H3,(H,27,28,32). The number of alkyl halides is 3. The van der Waals surface area contributed by atoms with E-state index in [1.54, 1.807) is 34.9 Å². The van der Waals surface area contributed by atoms with Gasteiger partial charge in [0.2, 0.25) is 11.9 Å². The lowest BCUT2D eigenvalue weighted by Gasteiger charge is -2.32. The Labute approximate surface area is 206 Å². The zero-order valence-corrected chi connectivity index (χ0v) is 20.5. The molecule has 3 aromatic rings. The van der Waals surface area contributed by atoms with Crippen LogP contribution in [0.3, 0.4) is 0 Å². The van der Waals surface area contributed by atoms with Crippen LogP contribution in [0.25, 0.3) is 11.0 Å². The van der Waals surface area contributed by atoms with Gasteiger partial charge in [0, 0.05) is 33.1 Å². The summed E-state index contributed by atoms with van der Waals surface area (Å²) in [6, 6.07) is 12.8. The van der Waals surface area contributed by atoms with E-state index in [0.29, 0.717) is 29.4 Å². The molecule has 0 atom stereocenters. The molecule has 0 radical (unpaired) electrons. The van der Waals surface area contributed by atoms with Crippen molar-refractivity contribution in [2.45, 2.75) is 25.7 Å². The number of hydrogen-bond acceptors (Lipinski definition) is 5. The molecule has 1 aromatic heterocycles. The molecular weight excluding hydrogens is 499 g/mol. The Kier molecular flexibility index (Phi) is 7.25. The highest BCUT2D eigenvalue weighted by Gasteiger charge is 2.33. The number of carbonyl (C=O) groups is 1. The quantitative estimate of drug-likeness (QED) is 0.510. The molecule has 1 amide bonds. The van der Waals surface area contributed by atoms with Gasteiger partial charge in [-0.25, -0.2) is 4.98 Å². The van der Waals surface area contributed by atoms with E-state index in [9.17, 15) is 26.4 Å². The molecule has 4 rings (SSSR count). The van der Waals surface area contributed by atoms with Gasteiger partial charge in [-0.05, 0) is 42.7 Å². The summed E-state index contributed by atoms with van der Waals surface area (Å²) in [6.45, 7) is 0.590. The highest BCUT2D eigenvalue weighted by Crippen LogP contribution is 2.27. The van der Waals surface area contributed by atoms with Crippen molar-refractivity contribution < 1.29 is 31.1 Å². The summed E-state index contributed by atoms with van der Waals surface area (Å²) in [4.78, 5) is 17.6. The maximum Gasteiger partial charge on any atom is 0.573 e. The van der Waals surface area contributed by atoms with E-state index in [1.165, 1.54) is 36.6 Å². The van der Waals surface area contributed by atoms with Crippen molar-refractivity contribution in [3.05, 3.63) is 54.1 Å². The van der Waals surface area contributed by atoms with E-state index in [-0.39, 0.29) is 37.2 Å². The monoisotopic (exact) mass is 525 g/mol. The molecule has 194 valence electrons. The van der Waals surface area contributed by atoms with Crippen molar-refractivity contribution in [1.82, 2.24) is 18.2 Å². The first-order valence-electron chi connectivity index (χ1n) is 11.2. The average Bonchev–Trinajstić information content (AvgIpc) is 3.15. The average molecular weight is 526 g/mol. The number of nitrogens with zero attached hydrogens (tertiary/aromatic N) is 4. The van der Waals surface area contributed by atoms with Gasteiger partial charge in [-0.2, -0.15) is 17.0 Å². The molecule has 0 aliphatic carbocycles. The van der Waals surface area contributed by atoms with Crippen LogP contribution in [0.4, 0.5) is 19.1 Å². The predicted molar refractivity (Wildman–Crippen MR) is 127 cm³/mol. The first-order valence-corrected chi connectivity index (χ1v) is 12.6. The Bertz CT molecular complexity index is 1350. The first kappa shape index (κ1) is 25.9. The van der Waals surface area contributed by atoms with Gasteiger partial charge in [-0.15, -0.1) is 13.2 Å². The molecule has 2 aromatic carbocycles. The van der Waals surface area contributed by atoms with Crippen LogP contribution in [0.2, 0.25) is 0 Å². The van der Waals surface area contributed by atoms with Crippen molar-refractivity contribution in [3.63, 3.8) is 0 Å². The van der Waals surface area contributed by atoms with Gasteiger partial charge >= 0.3 is 6.36 Å². The van der Waals surface area contributed by atoms with Crippen LogP contribution in [-0.4, -0.2) is 66.0 Å². The smallest absolute Gasteiger partial charge is 0.406 e. The summed E-state index contributed by atoms with van der Waals surface area (Å²) < 4.78 is 70.9. The Balaban J connectivity index is 1.53. The van der Waals surface area contributed by atoms with E-state index in [4.69, 9.17) is 0 Å². The Hall–Kier alpha value is -3.16. The molecule has 0 unspecified atom stereocenters. The number of rotatable bonds is 7. The Morgan fingerprint density at radius 2 is 1.83 bits per heavy atom. The summed E-state index contributed by atoms with van der Waals surface area (Å²) in [6.07, 6.45) is -4.09. The molecule has 0 saturated carbocycles. The molecule has 13 heteroatoms. The Morgan fingerprint density at radius 1 is 1.14 bits per heavy atom. The van der Waals surface area contributed by atoms with E-state index in [1.807, 2.05) is 0 Å². The second kappa shape index (κ2) is 10.1. The third-order valence-electron chi connectivity index (χ3n) is 5.97. The molecule has 1 N–H and O–H groups in total. The van der Waals surface area contributed by atoms with Gasteiger partial charge in [0.05, 0.1) is 17.6 Å².